The molecule has 18 heavy (non-hydrogen) atoms. The molecule has 0 aromatic heterocycles. The number of rotatable bonds is 5. The summed E-state index contributed by atoms with van der Waals surface area (Å²) in [6.07, 6.45) is 3.76. The van der Waals surface area contributed by atoms with Gasteiger partial charge in [0.25, 0.3) is 0 Å². The van der Waals surface area contributed by atoms with E-state index >= 15 is 0 Å². The van der Waals surface area contributed by atoms with Gasteiger partial charge in [-0.2, -0.15) is 0 Å². The molecular weight excluding hydrogens is 232 g/mol. The third-order valence-corrected chi connectivity index (χ3v) is 4.95. The van der Waals surface area contributed by atoms with E-state index in [1.165, 1.54) is 0 Å². The summed E-state index contributed by atoms with van der Waals surface area (Å²) in [5, 5.41) is 21.5. The van der Waals surface area contributed by atoms with Crippen molar-refractivity contribution < 1.29 is 15.0 Å². The van der Waals surface area contributed by atoms with E-state index in [9.17, 15) is 15.0 Å². The van der Waals surface area contributed by atoms with Crippen LogP contribution in [0.25, 0.3) is 0 Å². The van der Waals surface area contributed by atoms with E-state index in [4.69, 9.17) is 5.73 Å². The van der Waals surface area contributed by atoms with E-state index in [2.05, 4.69) is 5.32 Å². The van der Waals surface area contributed by atoms with Gasteiger partial charge in [0.15, 0.2) is 0 Å². The third-order valence-electron chi connectivity index (χ3n) is 4.95. The predicted octanol–water partition coefficient (Wildman–Crippen LogP) is -0.391. The zero-order valence-electron chi connectivity index (χ0n) is 10.9. The highest BCUT2D eigenvalue weighted by Gasteiger charge is 2.50. The molecule has 0 heterocycles. The number of aliphatic hydroxyl groups excluding tert-OH is 2. The number of hydrogen-bond donors (Lipinski definition) is 4. The smallest absolute Gasteiger partial charge is 0.225 e. The first-order chi connectivity index (χ1) is 8.56. The SMILES string of the molecule is CCC(CO)(CO)NC(=O)C1C2CCC(C2)C1N. The number of aliphatic hydroxyl groups is 2. The van der Waals surface area contributed by atoms with Crippen LogP contribution in [0.3, 0.4) is 0 Å². The predicted molar refractivity (Wildman–Crippen MR) is 67.6 cm³/mol. The molecule has 2 saturated carbocycles. The second-order valence-corrected chi connectivity index (χ2v) is 5.88. The Morgan fingerprint density at radius 2 is 1.94 bits per heavy atom. The van der Waals surface area contributed by atoms with Crippen molar-refractivity contribution in [3.63, 3.8) is 0 Å². The normalized spacial score (nSPS) is 34.9. The Balaban J connectivity index is 2.04. The van der Waals surface area contributed by atoms with Crippen LogP contribution in [-0.2, 0) is 4.79 Å². The van der Waals surface area contributed by atoms with E-state index in [1.807, 2.05) is 6.92 Å². The van der Waals surface area contributed by atoms with E-state index < -0.39 is 5.54 Å². The minimum absolute atomic E-state index is 0.0595. The topological polar surface area (TPSA) is 95.6 Å². The summed E-state index contributed by atoms with van der Waals surface area (Å²) in [7, 11) is 0. The Kier molecular flexibility index (Phi) is 3.94. The molecule has 2 aliphatic carbocycles. The minimum atomic E-state index is -0.904. The van der Waals surface area contributed by atoms with Gasteiger partial charge < -0.3 is 21.3 Å². The van der Waals surface area contributed by atoms with Crippen LogP contribution in [0, 0.1) is 17.8 Å². The summed E-state index contributed by atoms with van der Waals surface area (Å²) in [4.78, 5) is 12.3. The lowest BCUT2D eigenvalue weighted by Gasteiger charge is -2.34. The maximum Gasteiger partial charge on any atom is 0.225 e. The van der Waals surface area contributed by atoms with Gasteiger partial charge >= 0.3 is 0 Å². The zero-order valence-corrected chi connectivity index (χ0v) is 10.9. The van der Waals surface area contributed by atoms with Gasteiger partial charge in [-0.15, -0.1) is 0 Å². The number of amides is 1. The van der Waals surface area contributed by atoms with Gasteiger partial charge in [0.2, 0.25) is 5.91 Å². The molecular formula is C13H24N2O3. The molecule has 2 aliphatic rings. The van der Waals surface area contributed by atoms with Gasteiger partial charge in [0.05, 0.1) is 24.7 Å². The Labute approximate surface area is 108 Å². The van der Waals surface area contributed by atoms with Crippen molar-refractivity contribution in [2.45, 2.75) is 44.2 Å². The van der Waals surface area contributed by atoms with Crippen LogP contribution in [0.2, 0.25) is 0 Å². The Morgan fingerprint density at radius 1 is 1.33 bits per heavy atom. The van der Waals surface area contributed by atoms with Crippen molar-refractivity contribution in [1.29, 1.82) is 0 Å². The van der Waals surface area contributed by atoms with Crippen LogP contribution in [0.1, 0.15) is 32.6 Å². The number of carbonyl (C=O) groups excluding carboxylic acids is 1. The summed E-state index contributed by atoms with van der Waals surface area (Å²) in [6.45, 7) is 1.34. The lowest BCUT2D eigenvalue weighted by Crippen LogP contribution is -2.57. The summed E-state index contributed by atoms with van der Waals surface area (Å²) < 4.78 is 0. The average molecular weight is 256 g/mol. The Hall–Kier alpha value is -0.650. The highest BCUT2D eigenvalue weighted by Crippen LogP contribution is 2.47. The Bertz CT molecular complexity index is 307. The fraction of sp³-hybridized carbons (Fsp3) is 0.923. The zero-order chi connectivity index (χ0) is 13.3. The fourth-order valence-corrected chi connectivity index (χ4v) is 3.51. The molecule has 2 bridgehead atoms. The van der Waals surface area contributed by atoms with Crippen molar-refractivity contribution in [1.82, 2.24) is 5.32 Å². The molecule has 0 saturated heterocycles. The van der Waals surface area contributed by atoms with E-state index in [-0.39, 0.29) is 31.1 Å². The molecule has 1 amide bonds. The van der Waals surface area contributed by atoms with Crippen LogP contribution < -0.4 is 11.1 Å². The molecule has 2 fully saturated rings. The molecule has 2 rings (SSSR count). The van der Waals surface area contributed by atoms with E-state index in [0.717, 1.165) is 19.3 Å². The molecule has 5 heteroatoms. The molecule has 0 aromatic rings. The highest BCUT2D eigenvalue weighted by molar-refractivity contribution is 5.81. The molecule has 5 nitrogen and oxygen atoms in total. The summed E-state index contributed by atoms with van der Waals surface area (Å²) >= 11 is 0. The van der Waals surface area contributed by atoms with Gasteiger partial charge in [-0.3, -0.25) is 4.79 Å². The van der Waals surface area contributed by atoms with Gasteiger partial charge in [-0.1, -0.05) is 6.92 Å². The van der Waals surface area contributed by atoms with Crippen molar-refractivity contribution >= 4 is 5.91 Å². The Morgan fingerprint density at radius 3 is 2.39 bits per heavy atom. The van der Waals surface area contributed by atoms with Crippen LogP contribution in [0.15, 0.2) is 0 Å². The lowest BCUT2D eigenvalue weighted by atomic mass is 9.83. The lowest BCUT2D eigenvalue weighted by molar-refractivity contribution is -0.130. The molecule has 0 spiro atoms. The monoisotopic (exact) mass is 256 g/mol. The molecule has 4 unspecified atom stereocenters. The molecule has 0 aliphatic heterocycles. The number of fused-ring (bicyclic) bond motifs is 2. The standard InChI is InChI=1S/C13H24N2O3/c1-2-13(6-16,7-17)15-12(18)10-8-3-4-9(5-8)11(10)14/h8-11,16-17H,2-7,14H2,1H3,(H,15,18). The van der Waals surface area contributed by atoms with Crippen molar-refractivity contribution in [2.24, 2.45) is 23.5 Å². The maximum absolute atomic E-state index is 12.3. The van der Waals surface area contributed by atoms with Crippen molar-refractivity contribution in [3.05, 3.63) is 0 Å². The number of nitrogens with two attached hydrogens (primary N) is 1. The number of hydrogen-bond acceptors (Lipinski definition) is 4. The largest absolute Gasteiger partial charge is 0.394 e. The van der Waals surface area contributed by atoms with Gasteiger partial charge in [-0.25, -0.2) is 0 Å². The van der Waals surface area contributed by atoms with Gasteiger partial charge in [-0.05, 0) is 37.5 Å². The van der Waals surface area contributed by atoms with Crippen LogP contribution >= 0.6 is 0 Å². The van der Waals surface area contributed by atoms with Crippen LogP contribution in [0.4, 0.5) is 0 Å². The summed E-state index contributed by atoms with van der Waals surface area (Å²) in [5.41, 5.74) is 5.22. The van der Waals surface area contributed by atoms with E-state index in [1.54, 1.807) is 0 Å². The molecule has 4 atom stereocenters. The van der Waals surface area contributed by atoms with Crippen LogP contribution in [0.5, 0.6) is 0 Å². The molecule has 5 N–H and O–H groups in total. The quantitative estimate of drug-likeness (QED) is 0.539. The fourth-order valence-electron chi connectivity index (χ4n) is 3.51. The molecule has 104 valence electrons. The number of nitrogens with one attached hydrogen (secondary N) is 1. The molecule has 0 radical (unpaired) electrons. The summed E-state index contributed by atoms with van der Waals surface area (Å²) in [5.74, 6) is 0.620. The third kappa shape index (κ3) is 2.15. The highest BCUT2D eigenvalue weighted by atomic mass is 16.3. The maximum atomic E-state index is 12.3. The van der Waals surface area contributed by atoms with Crippen LogP contribution in [-0.4, -0.2) is 40.9 Å². The first-order valence-corrected chi connectivity index (χ1v) is 6.86. The van der Waals surface area contributed by atoms with Crippen molar-refractivity contribution in [2.75, 3.05) is 13.2 Å². The average Bonchev–Trinajstić information content (AvgIpc) is 2.96. The van der Waals surface area contributed by atoms with E-state index in [0.29, 0.717) is 18.3 Å². The first kappa shape index (κ1) is 13.8. The number of carbonyl (C=O) groups is 1. The first-order valence-electron chi connectivity index (χ1n) is 6.86. The van der Waals surface area contributed by atoms with Crippen molar-refractivity contribution in [3.8, 4) is 0 Å². The molecule has 0 aromatic carbocycles. The summed E-state index contributed by atoms with van der Waals surface area (Å²) in [6, 6.07) is -0.0595. The minimum Gasteiger partial charge on any atom is -0.394 e. The van der Waals surface area contributed by atoms with Gasteiger partial charge in [0.1, 0.15) is 0 Å². The second-order valence-electron chi connectivity index (χ2n) is 5.88. The second kappa shape index (κ2) is 5.15. The van der Waals surface area contributed by atoms with Gasteiger partial charge in [0, 0.05) is 6.04 Å².